The molecule has 0 saturated heterocycles. The van der Waals surface area contributed by atoms with E-state index < -0.39 is 11.9 Å². The minimum Gasteiger partial charge on any atom is -0.496 e. The van der Waals surface area contributed by atoms with Crippen molar-refractivity contribution in [3.63, 3.8) is 0 Å². The molecule has 2 aromatic carbocycles. The van der Waals surface area contributed by atoms with Gasteiger partial charge < -0.3 is 14.6 Å². The summed E-state index contributed by atoms with van der Waals surface area (Å²) < 4.78 is 26.1. The summed E-state index contributed by atoms with van der Waals surface area (Å²) in [6.07, 6.45) is -0.726. The molecule has 0 aliphatic heterocycles. The first-order valence-corrected chi connectivity index (χ1v) is 7.69. The molecule has 0 radical (unpaired) electrons. The van der Waals surface area contributed by atoms with E-state index in [9.17, 15) is 9.50 Å². The summed E-state index contributed by atoms with van der Waals surface area (Å²) in [6.45, 7) is 1.58. The number of hydrogen-bond acceptors (Lipinski definition) is 3. The van der Waals surface area contributed by atoms with E-state index in [0.29, 0.717) is 26.0 Å². The van der Waals surface area contributed by atoms with Crippen LogP contribution in [0.2, 0.25) is 0 Å². The maximum atomic E-state index is 14.0. The molecule has 3 nitrogen and oxygen atoms in total. The largest absolute Gasteiger partial charge is 0.496 e. The molecule has 2 aromatic rings. The topological polar surface area (TPSA) is 38.7 Å². The highest BCUT2D eigenvalue weighted by atomic mass is 79.9. The van der Waals surface area contributed by atoms with Crippen LogP contribution in [0.5, 0.6) is 17.2 Å². The lowest BCUT2D eigenvalue weighted by Crippen LogP contribution is -1.95. The molecule has 0 spiro atoms. The maximum Gasteiger partial charge on any atom is 0.166 e. The Labute approximate surface area is 139 Å². The first-order chi connectivity index (χ1) is 9.92. The molecule has 2 rings (SSSR count). The Morgan fingerprint density at radius 3 is 2.24 bits per heavy atom. The summed E-state index contributed by atoms with van der Waals surface area (Å²) in [5, 5.41) is 9.43. The molecule has 0 bridgehead atoms. The second-order valence-electron chi connectivity index (χ2n) is 4.39. The Balaban J connectivity index is 2.32. The van der Waals surface area contributed by atoms with Crippen LogP contribution in [0, 0.1) is 5.82 Å². The monoisotopic (exact) mass is 418 g/mol. The lowest BCUT2D eigenvalue weighted by molar-refractivity contribution is 0.198. The quantitative estimate of drug-likeness (QED) is 0.739. The van der Waals surface area contributed by atoms with Crippen molar-refractivity contribution in [3.8, 4) is 17.2 Å². The molecule has 1 unspecified atom stereocenters. The van der Waals surface area contributed by atoms with Gasteiger partial charge in [-0.05, 0) is 68.6 Å². The van der Waals surface area contributed by atoms with Crippen molar-refractivity contribution in [2.24, 2.45) is 0 Å². The number of methoxy groups -OCH3 is 1. The Hall–Kier alpha value is -1.11. The summed E-state index contributed by atoms with van der Waals surface area (Å²) >= 11 is 6.70. The normalized spacial score (nSPS) is 12.1. The number of benzene rings is 2. The lowest BCUT2D eigenvalue weighted by atomic mass is 10.1. The van der Waals surface area contributed by atoms with E-state index in [4.69, 9.17) is 9.47 Å². The average Bonchev–Trinajstić information content (AvgIpc) is 2.44. The van der Waals surface area contributed by atoms with Crippen molar-refractivity contribution in [2.75, 3.05) is 7.11 Å². The zero-order chi connectivity index (χ0) is 15.6. The number of halogens is 3. The van der Waals surface area contributed by atoms with Crippen molar-refractivity contribution in [1.82, 2.24) is 0 Å². The second-order valence-corrected chi connectivity index (χ2v) is 6.09. The minimum atomic E-state index is -0.726. The molecule has 112 valence electrons. The van der Waals surface area contributed by atoms with Gasteiger partial charge in [-0.1, -0.05) is 6.07 Å². The van der Waals surface area contributed by atoms with Gasteiger partial charge in [0.1, 0.15) is 11.5 Å². The fraction of sp³-hybridized carbons (Fsp3) is 0.200. The molecule has 1 N–H and O–H groups in total. The van der Waals surface area contributed by atoms with Crippen LogP contribution in [0.3, 0.4) is 0 Å². The molecule has 0 saturated carbocycles. The van der Waals surface area contributed by atoms with E-state index in [1.807, 2.05) is 0 Å². The zero-order valence-corrected chi connectivity index (χ0v) is 14.5. The molecule has 0 fully saturated rings. The third-order valence-electron chi connectivity index (χ3n) is 2.86. The number of aliphatic hydroxyl groups is 1. The van der Waals surface area contributed by atoms with E-state index in [0.717, 1.165) is 0 Å². The Morgan fingerprint density at radius 1 is 1.05 bits per heavy atom. The Kier molecular flexibility index (Phi) is 5.24. The molecule has 0 aliphatic rings. The third kappa shape index (κ3) is 3.75. The molecule has 21 heavy (non-hydrogen) atoms. The number of aliphatic hydroxyl groups excluding tert-OH is 1. The molecule has 0 aromatic heterocycles. The van der Waals surface area contributed by atoms with Gasteiger partial charge in [0.15, 0.2) is 11.6 Å². The molecule has 6 heteroatoms. The maximum absolute atomic E-state index is 14.0. The highest BCUT2D eigenvalue weighted by molar-refractivity contribution is 9.11. The molecule has 1 atom stereocenters. The van der Waals surface area contributed by atoms with Gasteiger partial charge in [0.05, 0.1) is 22.2 Å². The van der Waals surface area contributed by atoms with Crippen LogP contribution in [0.15, 0.2) is 39.3 Å². The van der Waals surface area contributed by atoms with Crippen molar-refractivity contribution >= 4 is 31.9 Å². The molecule has 0 amide bonds. The minimum absolute atomic E-state index is 0.0807. The highest BCUT2D eigenvalue weighted by Crippen LogP contribution is 2.38. The summed E-state index contributed by atoms with van der Waals surface area (Å²) in [7, 11) is 1.56. The summed E-state index contributed by atoms with van der Waals surface area (Å²) in [5.74, 6) is 0.634. The van der Waals surface area contributed by atoms with E-state index in [1.165, 1.54) is 12.1 Å². The fourth-order valence-corrected chi connectivity index (χ4v) is 2.61. The van der Waals surface area contributed by atoms with Crippen LogP contribution in [0.25, 0.3) is 0 Å². The van der Waals surface area contributed by atoms with Crippen LogP contribution in [-0.2, 0) is 0 Å². The van der Waals surface area contributed by atoms with E-state index in [2.05, 4.69) is 31.9 Å². The van der Waals surface area contributed by atoms with Crippen LogP contribution >= 0.6 is 31.9 Å². The zero-order valence-electron chi connectivity index (χ0n) is 11.4. The average molecular weight is 420 g/mol. The molecular weight excluding hydrogens is 407 g/mol. The highest BCUT2D eigenvalue weighted by Gasteiger charge is 2.13. The number of hydrogen-bond donors (Lipinski definition) is 1. The van der Waals surface area contributed by atoms with Gasteiger partial charge in [-0.25, -0.2) is 4.39 Å². The van der Waals surface area contributed by atoms with Crippen molar-refractivity contribution in [1.29, 1.82) is 0 Å². The summed E-state index contributed by atoms with van der Waals surface area (Å²) in [5.41, 5.74) is 0.495. The van der Waals surface area contributed by atoms with Crippen LogP contribution in [0.1, 0.15) is 18.6 Å². The van der Waals surface area contributed by atoms with Gasteiger partial charge in [-0.3, -0.25) is 0 Å². The van der Waals surface area contributed by atoms with E-state index in [1.54, 1.807) is 32.2 Å². The first-order valence-electron chi connectivity index (χ1n) is 6.10. The number of ether oxygens (including phenoxy) is 2. The predicted molar refractivity (Wildman–Crippen MR) is 85.5 cm³/mol. The van der Waals surface area contributed by atoms with E-state index >= 15 is 0 Å². The van der Waals surface area contributed by atoms with Gasteiger partial charge in [0.25, 0.3) is 0 Å². The predicted octanol–water partition coefficient (Wildman–Crippen LogP) is 5.20. The molecule has 0 heterocycles. The Bertz CT molecular complexity index is 660. The van der Waals surface area contributed by atoms with Crippen molar-refractivity contribution < 1.29 is 19.0 Å². The van der Waals surface area contributed by atoms with E-state index in [-0.39, 0.29) is 5.75 Å². The van der Waals surface area contributed by atoms with Gasteiger partial charge in [-0.15, -0.1) is 0 Å². The molecular formula is C15H13Br2FO3. The van der Waals surface area contributed by atoms with Crippen LogP contribution < -0.4 is 9.47 Å². The molecule has 0 aliphatic carbocycles. The summed E-state index contributed by atoms with van der Waals surface area (Å²) in [4.78, 5) is 0. The van der Waals surface area contributed by atoms with Gasteiger partial charge in [0, 0.05) is 0 Å². The Morgan fingerprint density at radius 2 is 1.67 bits per heavy atom. The lowest BCUT2D eigenvalue weighted by Gasteiger charge is -2.12. The van der Waals surface area contributed by atoms with Crippen molar-refractivity contribution in [3.05, 3.63) is 50.7 Å². The SMILES string of the molecule is COc1cc(Br)c(Oc2ccc(C(C)O)cc2F)cc1Br. The fourth-order valence-electron chi connectivity index (χ4n) is 1.72. The van der Waals surface area contributed by atoms with Gasteiger partial charge in [0.2, 0.25) is 0 Å². The number of rotatable bonds is 4. The van der Waals surface area contributed by atoms with Gasteiger partial charge in [-0.2, -0.15) is 0 Å². The standard InChI is InChI=1S/C15H13Br2FO3/c1-8(19)9-3-4-13(12(18)5-9)21-15-7-10(16)14(20-2)6-11(15)17/h3-8,19H,1-2H3. The third-order valence-corrected chi connectivity index (χ3v) is 4.10. The second kappa shape index (κ2) is 6.77. The first kappa shape index (κ1) is 16.3. The van der Waals surface area contributed by atoms with Crippen LogP contribution in [-0.4, -0.2) is 12.2 Å². The van der Waals surface area contributed by atoms with Crippen LogP contribution in [0.4, 0.5) is 4.39 Å². The summed E-state index contributed by atoms with van der Waals surface area (Å²) in [6, 6.07) is 7.77. The van der Waals surface area contributed by atoms with Gasteiger partial charge >= 0.3 is 0 Å². The van der Waals surface area contributed by atoms with Crippen molar-refractivity contribution in [2.45, 2.75) is 13.0 Å². The smallest absolute Gasteiger partial charge is 0.166 e.